The van der Waals surface area contributed by atoms with Gasteiger partial charge in [0.05, 0.1) is 23.7 Å². The minimum absolute atomic E-state index is 0.0408. The van der Waals surface area contributed by atoms with E-state index in [0.29, 0.717) is 18.5 Å². The molecule has 1 amide bonds. The minimum atomic E-state index is 0.0408. The SMILES string of the molecule is CN(Cc1ccc(C#N)cc1)C(=O)Cc1csc2nc(-c3ccccc3)cn12. The Morgan fingerprint density at radius 1 is 1.18 bits per heavy atom. The molecule has 2 aromatic heterocycles. The first kappa shape index (κ1) is 18.0. The van der Waals surface area contributed by atoms with Crippen molar-refractivity contribution >= 4 is 22.2 Å². The summed E-state index contributed by atoms with van der Waals surface area (Å²) in [5.41, 5.74) is 4.53. The second kappa shape index (κ2) is 7.67. The summed E-state index contributed by atoms with van der Waals surface area (Å²) in [4.78, 5) is 20.0. The number of fused-ring (bicyclic) bond motifs is 1. The lowest BCUT2D eigenvalue weighted by Gasteiger charge is -2.17. The van der Waals surface area contributed by atoms with E-state index < -0.39 is 0 Å². The van der Waals surface area contributed by atoms with Gasteiger partial charge in [0.25, 0.3) is 0 Å². The number of thiazole rings is 1. The van der Waals surface area contributed by atoms with Crippen molar-refractivity contribution in [2.45, 2.75) is 13.0 Å². The highest BCUT2D eigenvalue weighted by Crippen LogP contribution is 2.24. The van der Waals surface area contributed by atoms with Crippen molar-refractivity contribution in [2.24, 2.45) is 0 Å². The van der Waals surface area contributed by atoms with Gasteiger partial charge >= 0.3 is 0 Å². The van der Waals surface area contributed by atoms with Crippen LogP contribution < -0.4 is 0 Å². The molecule has 2 aromatic carbocycles. The van der Waals surface area contributed by atoms with Crippen molar-refractivity contribution in [3.05, 3.63) is 83.0 Å². The Morgan fingerprint density at radius 3 is 2.64 bits per heavy atom. The predicted octanol–water partition coefficient (Wildman–Crippen LogP) is 4.14. The normalized spacial score (nSPS) is 10.7. The number of likely N-dealkylation sites (N-methyl/N-ethyl adjacent to an activating group) is 1. The van der Waals surface area contributed by atoms with E-state index in [1.807, 2.05) is 58.4 Å². The van der Waals surface area contributed by atoms with Gasteiger partial charge in [-0.05, 0) is 17.7 Å². The van der Waals surface area contributed by atoms with Gasteiger partial charge in [-0.2, -0.15) is 5.26 Å². The zero-order valence-corrected chi connectivity index (χ0v) is 16.2. The summed E-state index contributed by atoms with van der Waals surface area (Å²) in [6.45, 7) is 0.511. The summed E-state index contributed by atoms with van der Waals surface area (Å²) < 4.78 is 2.00. The smallest absolute Gasteiger partial charge is 0.228 e. The molecule has 4 rings (SSSR count). The lowest BCUT2D eigenvalue weighted by atomic mass is 10.1. The average Bonchev–Trinajstić information content (AvgIpc) is 3.31. The van der Waals surface area contributed by atoms with Crippen LogP contribution in [0.5, 0.6) is 0 Å². The summed E-state index contributed by atoms with van der Waals surface area (Å²) in [5.74, 6) is 0.0408. The van der Waals surface area contributed by atoms with Crippen LogP contribution in [0, 0.1) is 11.3 Å². The fourth-order valence-electron chi connectivity index (χ4n) is 3.04. The molecule has 0 saturated heterocycles. The molecule has 0 radical (unpaired) electrons. The van der Waals surface area contributed by atoms with E-state index >= 15 is 0 Å². The van der Waals surface area contributed by atoms with Crippen molar-refractivity contribution in [1.82, 2.24) is 14.3 Å². The highest BCUT2D eigenvalue weighted by atomic mass is 32.1. The van der Waals surface area contributed by atoms with Crippen molar-refractivity contribution in [2.75, 3.05) is 7.05 Å². The zero-order chi connectivity index (χ0) is 19.5. The van der Waals surface area contributed by atoms with E-state index in [4.69, 9.17) is 5.26 Å². The number of amides is 1. The summed E-state index contributed by atoms with van der Waals surface area (Å²) in [5, 5.41) is 10.9. The number of carbonyl (C=O) groups excluding carboxylic acids is 1. The van der Waals surface area contributed by atoms with Gasteiger partial charge in [0.2, 0.25) is 5.91 Å². The van der Waals surface area contributed by atoms with Crippen LogP contribution in [-0.4, -0.2) is 27.2 Å². The standard InChI is InChI=1S/C22H18N4OS/c1-25(13-17-9-7-16(12-23)8-10-17)21(27)11-19-15-28-22-24-20(14-26(19)22)18-5-3-2-4-6-18/h2-10,14-15H,11,13H2,1H3. The number of benzene rings is 2. The van der Waals surface area contributed by atoms with Crippen molar-refractivity contribution in [3.8, 4) is 17.3 Å². The van der Waals surface area contributed by atoms with E-state index in [-0.39, 0.29) is 5.91 Å². The first-order valence-corrected chi connectivity index (χ1v) is 9.76. The molecule has 4 aromatic rings. The Kier molecular flexibility index (Phi) is 4.92. The summed E-state index contributed by atoms with van der Waals surface area (Å²) >= 11 is 1.54. The molecule has 0 saturated carbocycles. The number of nitriles is 1. The second-order valence-corrected chi connectivity index (χ2v) is 7.44. The molecule has 0 unspecified atom stereocenters. The number of hydrogen-bond donors (Lipinski definition) is 0. The minimum Gasteiger partial charge on any atom is -0.341 e. The fourth-order valence-corrected chi connectivity index (χ4v) is 3.91. The van der Waals surface area contributed by atoms with Gasteiger partial charge in [0, 0.05) is 36.4 Å². The molecule has 6 heteroatoms. The van der Waals surface area contributed by atoms with Crippen LogP contribution in [-0.2, 0) is 17.8 Å². The number of hydrogen-bond acceptors (Lipinski definition) is 4. The van der Waals surface area contributed by atoms with Gasteiger partial charge in [-0.3, -0.25) is 9.20 Å². The first-order valence-electron chi connectivity index (χ1n) is 8.88. The molecule has 0 aliphatic carbocycles. The molecule has 0 aliphatic heterocycles. The van der Waals surface area contributed by atoms with Gasteiger partial charge in [-0.15, -0.1) is 11.3 Å². The molecule has 0 N–H and O–H groups in total. The lowest BCUT2D eigenvalue weighted by molar-refractivity contribution is -0.129. The van der Waals surface area contributed by atoms with E-state index in [9.17, 15) is 4.79 Å². The Morgan fingerprint density at radius 2 is 1.93 bits per heavy atom. The second-order valence-electron chi connectivity index (χ2n) is 6.61. The number of aromatic nitrogens is 2. The Labute approximate surface area is 167 Å². The molecular formula is C22H18N4OS. The van der Waals surface area contributed by atoms with E-state index in [1.54, 1.807) is 35.4 Å². The number of rotatable bonds is 5. The lowest BCUT2D eigenvalue weighted by Crippen LogP contribution is -2.28. The van der Waals surface area contributed by atoms with Crippen LogP contribution in [0.15, 0.2) is 66.2 Å². The van der Waals surface area contributed by atoms with E-state index in [0.717, 1.165) is 27.5 Å². The average molecular weight is 386 g/mol. The van der Waals surface area contributed by atoms with Crippen LogP contribution in [0.3, 0.4) is 0 Å². The Balaban J connectivity index is 1.48. The quantitative estimate of drug-likeness (QED) is 0.518. The molecule has 0 bridgehead atoms. The van der Waals surface area contributed by atoms with Crippen LogP contribution in [0.2, 0.25) is 0 Å². The number of imidazole rings is 1. The summed E-state index contributed by atoms with van der Waals surface area (Å²) in [6, 6.07) is 19.4. The maximum Gasteiger partial charge on any atom is 0.228 e. The fraction of sp³-hybridized carbons (Fsp3) is 0.136. The maximum absolute atomic E-state index is 12.7. The van der Waals surface area contributed by atoms with Gasteiger partial charge < -0.3 is 4.90 Å². The molecule has 0 aliphatic rings. The zero-order valence-electron chi connectivity index (χ0n) is 15.4. The van der Waals surface area contributed by atoms with Crippen LogP contribution in [0.25, 0.3) is 16.2 Å². The van der Waals surface area contributed by atoms with Gasteiger partial charge in [-0.1, -0.05) is 42.5 Å². The monoisotopic (exact) mass is 386 g/mol. The third-order valence-corrected chi connectivity index (χ3v) is 5.50. The highest BCUT2D eigenvalue weighted by molar-refractivity contribution is 7.15. The molecule has 138 valence electrons. The van der Waals surface area contributed by atoms with Crippen molar-refractivity contribution in [1.29, 1.82) is 5.26 Å². The van der Waals surface area contributed by atoms with Crippen LogP contribution in [0.4, 0.5) is 0 Å². The first-order chi connectivity index (χ1) is 13.6. The Hall–Kier alpha value is -3.43. The highest BCUT2D eigenvalue weighted by Gasteiger charge is 2.15. The summed E-state index contributed by atoms with van der Waals surface area (Å²) in [7, 11) is 1.80. The third-order valence-electron chi connectivity index (χ3n) is 4.61. The number of carbonyl (C=O) groups is 1. The van der Waals surface area contributed by atoms with Crippen LogP contribution in [0.1, 0.15) is 16.8 Å². The molecule has 5 nitrogen and oxygen atoms in total. The van der Waals surface area contributed by atoms with Crippen molar-refractivity contribution < 1.29 is 4.79 Å². The molecule has 0 fully saturated rings. The molecule has 28 heavy (non-hydrogen) atoms. The molecular weight excluding hydrogens is 368 g/mol. The predicted molar refractivity (Wildman–Crippen MR) is 110 cm³/mol. The van der Waals surface area contributed by atoms with Crippen LogP contribution >= 0.6 is 11.3 Å². The molecule has 0 atom stereocenters. The third kappa shape index (κ3) is 3.66. The topological polar surface area (TPSA) is 61.4 Å². The van der Waals surface area contributed by atoms with E-state index in [2.05, 4.69) is 11.1 Å². The van der Waals surface area contributed by atoms with E-state index in [1.165, 1.54) is 0 Å². The Bertz CT molecular complexity index is 1150. The molecule has 2 heterocycles. The summed E-state index contributed by atoms with van der Waals surface area (Å²) in [6.07, 6.45) is 2.31. The van der Waals surface area contributed by atoms with Gasteiger partial charge in [0.15, 0.2) is 4.96 Å². The van der Waals surface area contributed by atoms with Crippen molar-refractivity contribution in [3.63, 3.8) is 0 Å². The largest absolute Gasteiger partial charge is 0.341 e. The maximum atomic E-state index is 12.7. The molecule has 0 spiro atoms. The number of nitrogens with zero attached hydrogens (tertiary/aromatic N) is 4. The van der Waals surface area contributed by atoms with Gasteiger partial charge in [-0.25, -0.2) is 4.98 Å². The van der Waals surface area contributed by atoms with Gasteiger partial charge in [0.1, 0.15) is 0 Å².